The SMILES string of the molecule is CN(Cc1ccccc1)C(=O)OCc1cn(Cc2cccc(Cl)c2)nn1. The molecular formula is C19H19ClN4O2. The lowest BCUT2D eigenvalue weighted by Gasteiger charge is -2.16. The van der Waals surface area contributed by atoms with Gasteiger partial charge in [-0.1, -0.05) is 59.3 Å². The fourth-order valence-corrected chi connectivity index (χ4v) is 2.68. The molecule has 0 aliphatic rings. The minimum absolute atomic E-state index is 0.0769. The van der Waals surface area contributed by atoms with E-state index in [4.69, 9.17) is 16.3 Å². The lowest BCUT2D eigenvalue weighted by atomic mass is 10.2. The van der Waals surface area contributed by atoms with Gasteiger partial charge in [0.05, 0.1) is 12.7 Å². The molecule has 0 saturated carbocycles. The maximum absolute atomic E-state index is 12.1. The van der Waals surface area contributed by atoms with Crippen LogP contribution in [0.1, 0.15) is 16.8 Å². The largest absolute Gasteiger partial charge is 0.443 e. The van der Waals surface area contributed by atoms with E-state index < -0.39 is 6.09 Å². The van der Waals surface area contributed by atoms with Crippen molar-refractivity contribution in [2.75, 3.05) is 7.05 Å². The number of ether oxygens (including phenoxy) is 1. The molecule has 0 spiro atoms. The molecule has 0 aliphatic carbocycles. The van der Waals surface area contributed by atoms with E-state index in [0.29, 0.717) is 23.8 Å². The van der Waals surface area contributed by atoms with Gasteiger partial charge in [-0.25, -0.2) is 9.48 Å². The van der Waals surface area contributed by atoms with E-state index in [0.717, 1.165) is 11.1 Å². The summed E-state index contributed by atoms with van der Waals surface area (Å²) in [6.07, 6.45) is 1.35. The normalized spacial score (nSPS) is 10.5. The van der Waals surface area contributed by atoms with Gasteiger partial charge in [-0.3, -0.25) is 0 Å². The first-order valence-corrected chi connectivity index (χ1v) is 8.53. The molecule has 134 valence electrons. The van der Waals surface area contributed by atoms with Crippen LogP contribution >= 0.6 is 11.6 Å². The van der Waals surface area contributed by atoms with Crippen molar-refractivity contribution in [3.05, 3.63) is 82.6 Å². The molecule has 0 atom stereocenters. The van der Waals surface area contributed by atoms with Crippen LogP contribution in [0.25, 0.3) is 0 Å². The van der Waals surface area contributed by atoms with Gasteiger partial charge in [-0.05, 0) is 23.3 Å². The molecule has 0 fully saturated rings. The molecule has 0 saturated heterocycles. The second-order valence-electron chi connectivity index (χ2n) is 5.93. The summed E-state index contributed by atoms with van der Waals surface area (Å²) in [5, 5.41) is 8.76. The molecule has 0 N–H and O–H groups in total. The van der Waals surface area contributed by atoms with Crippen LogP contribution in [0.5, 0.6) is 0 Å². The maximum Gasteiger partial charge on any atom is 0.410 e. The Kier molecular flexibility index (Phi) is 5.86. The Morgan fingerprint density at radius 3 is 2.69 bits per heavy atom. The van der Waals surface area contributed by atoms with Gasteiger partial charge >= 0.3 is 6.09 Å². The van der Waals surface area contributed by atoms with Crippen LogP contribution in [0, 0.1) is 0 Å². The van der Waals surface area contributed by atoms with E-state index in [1.54, 1.807) is 17.9 Å². The van der Waals surface area contributed by atoms with E-state index in [-0.39, 0.29) is 6.61 Å². The Morgan fingerprint density at radius 2 is 1.92 bits per heavy atom. The minimum Gasteiger partial charge on any atom is -0.443 e. The summed E-state index contributed by atoms with van der Waals surface area (Å²) < 4.78 is 6.98. The molecule has 0 bridgehead atoms. The standard InChI is InChI=1S/C19H19ClN4O2/c1-23(11-15-6-3-2-4-7-15)19(25)26-14-18-13-24(22-21-18)12-16-8-5-9-17(20)10-16/h2-10,13H,11-12,14H2,1H3. The summed E-state index contributed by atoms with van der Waals surface area (Å²) in [5.74, 6) is 0. The molecule has 0 radical (unpaired) electrons. The van der Waals surface area contributed by atoms with Gasteiger partial charge in [0.2, 0.25) is 0 Å². The molecule has 6 nitrogen and oxygen atoms in total. The van der Waals surface area contributed by atoms with Gasteiger partial charge in [0.25, 0.3) is 0 Å². The average Bonchev–Trinajstić information content (AvgIpc) is 3.08. The summed E-state index contributed by atoms with van der Waals surface area (Å²) in [7, 11) is 1.70. The van der Waals surface area contributed by atoms with Crippen molar-refractivity contribution in [3.63, 3.8) is 0 Å². The van der Waals surface area contributed by atoms with Crippen LogP contribution in [0.4, 0.5) is 4.79 Å². The van der Waals surface area contributed by atoms with E-state index in [1.165, 1.54) is 4.90 Å². The van der Waals surface area contributed by atoms with Crippen LogP contribution in [-0.2, 0) is 24.4 Å². The van der Waals surface area contributed by atoms with Crippen molar-refractivity contribution in [3.8, 4) is 0 Å². The Labute approximate surface area is 157 Å². The predicted molar refractivity (Wildman–Crippen MR) is 98.7 cm³/mol. The molecule has 26 heavy (non-hydrogen) atoms. The average molecular weight is 371 g/mol. The molecule has 2 aromatic carbocycles. The van der Waals surface area contributed by atoms with Crippen LogP contribution in [0.15, 0.2) is 60.8 Å². The van der Waals surface area contributed by atoms with Crippen molar-refractivity contribution in [1.29, 1.82) is 0 Å². The fraction of sp³-hybridized carbons (Fsp3) is 0.211. The van der Waals surface area contributed by atoms with Crippen molar-refractivity contribution in [1.82, 2.24) is 19.9 Å². The van der Waals surface area contributed by atoms with Gasteiger partial charge in [0.15, 0.2) is 0 Å². The number of halogens is 1. The van der Waals surface area contributed by atoms with Crippen LogP contribution in [0.3, 0.4) is 0 Å². The van der Waals surface area contributed by atoms with Crippen LogP contribution < -0.4 is 0 Å². The molecule has 1 amide bonds. The summed E-state index contributed by atoms with van der Waals surface area (Å²) >= 11 is 5.98. The van der Waals surface area contributed by atoms with Crippen molar-refractivity contribution >= 4 is 17.7 Å². The highest BCUT2D eigenvalue weighted by Crippen LogP contribution is 2.12. The van der Waals surface area contributed by atoms with E-state index >= 15 is 0 Å². The number of nitrogens with zero attached hydrogens (tertiary/aromatic N) is 4. The second-order valence-corrected chi connectivity index (χ2v) is 6.37. The summed E-state index contributed by atoms with van der Waals surface area (Å²) in [5.41, 5.74) is 2.65. The first kappa shape index (κ1) is 17.9. The molecule has 3 aromatic rings. The van der Waals surface area contributed by atoms with Crippen LogP contribution in [-0.4, -0.2) is 33.0 Å². The third kappa shape index (κ3) is 5.07. The number of hydrogen-bond donors (Lipinski definition) is 0. The lowest BCUT2D eigenvalue weighted by Crippen LogP contribution is -2.26. The third-order valence-corrected chi connectivity index (χ3v) is 3.97. The number of carbonyl (C=O) groups excluding carboxylic acids is 1. The number of amides is 1. The molecule has 1 heterocycles. The quantitative estimate of drug-likeness (QED) is 0.663. The molecule has 1 aromatic heterocycles. The monoisotopic (exact) mass is 370 g/mol. The number of carbonyl (C=O) groups is 1. The Hall–Kier alpha value is -2.86. The molecule has 7 heteroatoms. The minimum atomic E-state index is -0.404. The summed E-state index contributed by atoms with van der Waals surface area (Å²) in [6.45, 7) is 1.12. The highest BCUT2D eigenvalue weighted by Gasteiger charge is 2.12. The summed E-state index contributed by atoms with van der Waals surface area (Å²) in [4.78, 5) is 13.6. The van der Waals surface area contributed by atoms with Crippen molar-refractivity contribution < 1.29 is 9.53 Å². The second kappa shape index (κ2) is 8.49. The first-order valence-electron chi connectivity index (χ1n) is 8.15. The van der Waals surface area contributed by atoms with Gasteiger partial charge in [0, 0.05) is 18.6 Å². The van der Waals surface area contributed by atoms with E-state index in [2.05, 4.69) is 10.3 Å². The zero-order chi connectivity index (χ0) is 18.4. The van der Waals surface area contributed by atoms with Crippen molar-refractivity contribution in [2.45, 2.75) is 19.7 Å². The highest BCUT2D eigenvalue weighted by atomic mass is 35.5. The van der Waals surface area contributed by atoms with Crippen LogP contribution in [0.2, 0.25) is 5.02 Å². The maximum atomic E-state index is 12.1. The zero-order valence-corrected chi connectivity index (χ0v) is 15.1. The summed E-state index contributed by atoms with van der Waals surface area (Å²) in [6, 6.07) is 17.3. The number of hydrogen-bond acceptors (Lipinski definition) is 4. The molecule has 3 rings (SSSR count). The Morgan fingerprint density at radius 1 is 1.15 bits per heavy atom. The smallest absolute Gasteiger partial charge is 0.410 e. The topological polar surface area (TPSA) is 60.2 Å². The Bertz CT molecular complexity index is 867. The molecule has 0 aliphatic heterocycles. The predicted octanol–water partition coefficient (Wildman–Crippen LogP) is 3.75. The van der Waals surface area contributed by atoms with Gasteiger partial charge in [-0.2, -0.15) is 0 Å². The Balaban J connectivity index is 1.50. The number of aromatic nitrogens is 3. The fourth-order valence-electron chi connectivity index (χ4n) is 2.47. The molecule has 0 unspecified atom stereocenters. The highest BCUT2D eigenvalue weighted by molar-refractivity contribution is 6.30. The van der Waals surface area contributed by atoms with Gasteiger partial charge in [-0.15, -0.1) is 5.10 Å². The number of rotatable bonds is 6. The van der Waals surface area contributed by atoms with E-state index in [9.17, 15) is 4.79 Å². The zero-order valence-electron chi connectivity index (χ0n) is 14.4. The molecular weight excluding hydrogens is 352 g/mol. The van der Waals surface area contributed by atoms with Crippen molar-refractivity contribution in [2.24, 2.45) is 0 Å². The lowest BCUT2D eigenvalue weighted by molar-refractivity contribution is 0.101. The van der Waals surface area contributed by atoms with Gasteiger partial charge in [0.1, 0.15) is 12.3 Å². The van der Waals surface area contributed by atoms with E-state index in [1.807, 2.05) is 54.6 Å². The third-order valence-electron chi connectivity index (χ3n) is 3.74. The van der Waals surface area contributed by atoms with Gasteiger partial charge < -0.3 is 9.64 Å². The first-order chi connectivity index (χ1) is 12.6. The number of benzene rings is 2.